The Hall–Kier alpha value is -1.68. The highest BCUT2D eigenvalue weighted by Crippen LogP contribution is 2.32. The summed E-state index contributed by atoms with van der Waals surface area (Å²) in [5.41, 5.74) is 8.80. The van der Waals surface area contributed by atoms with Crippen molar-refractivity contribution >= 4 is 0 Å². The fraction of sp³-hybridized carbons (Fsp3) is 0.467. The molecule has 2 N–H and O–H groups in total. The lowest BCUT2D eigenvalue weighted by atomic mass is 10.1. The first-order chi connectivity index (χ1) is 9.28. The van der Waals surface area contributed by atoms with Crippen molar-refractivity contribution in [2.75, 3.05) is 0 Å². The van der Waals surface area contributed by atoms with E-state index in [1.165, 1.54) is 11.1 Å². The molecule has 1 heterocycles. The van der Waals surface area contributed by atoms with E-state index in [0.29, 0.717) is 11.8 Å². The maximum absolute atomic E-state index is 6.01. The summed E-state index contributed by atoms with van der Waals surface area (Å²) in [6.07, 6.45) is 3.90. The number of hydrogen-bond acceptors (Lipinski definition) is 4. The lowest BCUT2D eigenvalue weighted by molar-refractivity contribution is 0.342. The maximum Gasteiger partial charge on any atom is 0.243 e. The molecule has 1 aliphatic carbocycles. The Bertz CT molecular complexity index is 539. The van der Waals surface area contributed by atoms with E-state index in [1.807, 2.05) is 0 Å². The summed E-state index contributed by atoms with van der Waals surface area (Å²) in [5.74, 6) is 1.72. The third kappa shape index (κ3) is 2.40. The molecule has 0 saturated carbocycles. The molecule has 0 aliphatic heterocycles. The second-order valence-corrected chi connectivity index (χ2v) is 5.26. The van der Waals surface area contributed by atoms with Gasteiger partial charge in [-0.2, -0.15) is 4.98 Å². The lowest BCUT2D eigenvalue weighted by Crippen LogP contribution is -2.10. The van der Waals surface area contributed by atoms with E-state index in [2.05, 4.69) is 41.3 Å². The van der Waals surface area contributed by atoms with Gasteiger partial charge in [-0.3, -0.25) is 0 Å². The van der Waals surface area contributed by atoms with E-state index in [4.69, 9.17) is 10.3 Å². The van der Waals surface area contributed by atoms with Crippen molar-refractivity contribution < 1.29 is 4.52 Å². The topological polar surface area (TPSA) is 64.9 Å². The van der Waals surface area contributed by atoms with E-state index in [0.717, 1.165) is 31.5 Å². The van der Waals surface area contributed by atoms with Gasteiger partial charge >= 0.3 is 0 Å². The molecule has 0 spiro atoms. The van der Waals surface area contributed by atoms with E-state index in [-0.39, 0.29) is 6.04 Å². The summed E-state index contributed by atoms with van der Waals surface area (Å²) in [6, 6.07) is 8.40. The van der Waals surface area contributed by atoms with E-state index in [1.54, 1.807) is 0 Å². The van der Waals surface area contributed by atoms with Crippen LogP contribution in [0.1, 0.15) is 54.6 Å². The van der Waals surface area contributed by atoms with Gasteiger partial charge in [-0.05, 0) is 30.4 Å². The molecule has 0 amide bonds. The number of nitrogens with two attached hydrogens (primary N) is 1. The molecule has 0 saturated heterocycles. The van der Waals surface area contributed by atoms with Gasteiger partial charge in [0.1, 0.15) is 0 Å². The summed E-state index contributed by atoms with van der Waals surface area (Å²) in [4.78, 5) is 4.49. The first-order valence-electron chi connectivity index (χ1n) is 6.93. The van der Waals surface area contributed by atoms with E-state index >= 15 is 0 Å². The van der Waals surface area contributed by atoms with Crippen molar-refractivity contribution in [3.8, 4) is 0 Å². The highest BCUT2D eigenvalue weighted by Gasteiger charge is 2.27. The van der Waals surface area contributed by atoms with Crippen molar-refractivity contribution in [3.05, 3.63) is 47.1 Å². The molecule has 3 rings (SSSR count). The Morgan fingerprint density at radius 3 is 2.63 bits per heavy atom. The number of fused-ring (bicyclic) bond motifs is 1. The summed E-state index contributed by atoms with van der Waals surface area (Å²) in [7, 11) is 0. The molecule has 1 aromatic carbocycles. The minimum atomic E-state index is -0.130. The van der Waals surface area contributed by atoms with Gasteiger partial charge in [-0.15, -0.1) is 0 Å². The molecule has 100 valence electrons. The maximum atomic E-state index is 6.01. The van der Waals surface area contributed by atoms with Crippen LogP contribution in [0.3, 0.4) is 0 Å². The van der Waals surface area contributed by atoms with Crippen LogP contribution in [0.25, 0.3) is 0 Å². The molecule has 19 heavy (non-hydrogen) atoms. The molecule has 0 radical (unpaired) electrons. The Morgan fingerprint density at radius 1 is 1.32 bits per heavy atom. The second kappa shape index (κ2) is 5.13. The monoisotopic (exact) mass is 257 g/mol. The van der Waals surface area contributed by atoms with Crippen LogP contribution in [0, 0.1) is 0 Å². The predicted octanol–water partition coefficient (Wildman–Crippen LogP) is 2.75. The molecule has 1 atom stereocenters. The number of nitrogens with zero attached hydrogens (tertiary/aromatic N) is 2. The van der Waals surface area contributed by atoms with Crippen molar-refractivity contribution in [2.24, 2.45) is 5.73 Å². The SMILES string of the molecule is CCCC(N)c1nc(C2Cc3ccccc3C2)no1. The van der Waals surface area contributed by atoms with Crippen LogP contribution in [0.2, 0.25) is 0 Å². The van der Waals surface area contributed by atoms with E-state index in [9.17, 15) is 0 Å². The molecule has 1 aliphatic rings. The van der Waals surface area contributed by atoms with Crippen LogP contribution >= 0.6 is 0 Å². The van der Waals surface area contributed by atoms with Gasteiger partial charge in [-0.25, -0.2) is 0 Å². The Labute approximate surface area is 113 Å². The molecular weight excluding hydrogens is 238 g/mol. The summed E-state index contributed by atoms with van der Waals surface area (Å²) in [6.45, 7) is 2.10. The number of aromatic nitrogens is 2. The van der Waals surface area contributed by atoms with Crippen molar-refractivity contribution in [3.63, 3.8) is 0 Å². The van der Waals surface area contributed by atoms with Crippen molar-refractivity contribution in [2.45, 2.75) is 44.6 Å². The van der Waals surface area contributed by atoms with Crippen LogP contribution in [-0.2, 0) is 12.8 Å². The summed E-state index contributed by atoms with van der Waals surface area (Å²) >= 11 is 0. The third-order valence-corrected chi connectivity index (χ3v) is 3.79. The fourth-order valence-electron chi connectivity index (χ4n) is 2.74. The molecular formula is C15H19N3O. The standard InChI is InChI=1S/C15H19N3O/c1-2-5-13(16)15-17-14(18-19-15)12-8-10-6-3-4-7-11(10)9-12/h3-4,6-7,12-13H,2,5,8-9,16H2,1H3. The number of hydrogen-bond donors (Lipinski definition) is 1. The van der Waals surface area contributed by atoms with Crippen LogP contribution in [0.5, 0.6) is 0 Å². The van der Waals surface area contributed by atoms with Crippen molar-refractivity contribution in [1.29, 1.82) is 0 Å². The van der Waals surface area contributed by atoms with Crippen LogP contribution in [0.4, 0.5) is 0 Å². The minimum Gasteiger partial charge on any atom is -0.338 e. The Kier molecular flexibility index (Phi) is 3.34. The van der Waals surface area contributed by atoms with Gasteiger partial charge in [0.15, 0.2) is 5.82 Å². The normalized spacial score (nSPS) is 16.5. The van der Waals surface area contributed by atoms with Crippen LogP contribution in [0.15, 0.2) is 28.8 Å². The van der Waals surface area contributed by atoms with Gasteiger partial charge in [0.25, 0.3) is 0 Å². The van der Waals surface area contributed by atoms with Crippen LogP contribution < -0.4 is 5.73 Å². The number of rotatable bonds is 4. The highest BCUT2D eigenvalue weighted by molar-refractivity contribution is 5.34. The van der Waals surface area contributed by atoms with Gasteiger partial charge in [-0.1, -0.05) is 42.8 Å². The Morgan fingerprint density at radius 2 is 2.00 bits per heavy atom. The zero-order valence-electron chi connectivity index (χ0n) is 11.2. The zero-order chi connectivity index (χ0) is 13.2. The number of benzene rings is 1. The minimum absolute atomic E-state index is 0.130. The largest absolute Gasteiger partial charge is 0.338 e. The first kappa shape index (κ1) is 12.4. The highest BCUT2D eigenvalue weighted by atomic mass is 16.5. The molecule has 1 aromatic heterocycles. The average molecular weight is 257 g/mol. The quantitative estimate of drug-likeness (QED) is 0.914. The summed E-state index contributed by atoms with van der Waals surface area (Å²) < 4.78 is 5.30. The molecule has 2 aromatic rings. The predicted molar refractivity (Wildman–Crippen MR) is 72.7 cm³/mol. The average Bonchev–Trinajstić information content (AvgIpc) is 3.05. The fourth-order valence-corrected chi connectivity index (χ4v) is 2.74. The molecule has 4 nitrogen and oxygen atoms in total. The van der Waals surface area contributed by atoms with Gasteiger partial charge in [0, 0.05) is 5.92 Å². The first-order valence-corrected chi connectivity index (χ1v) is 6.93. The van der Waals surface area contributed by atoms with Crippen LogP contribution in [-0.4, -0.2) is 10.1 Å². The van der Waals surface area contributed by atoms with Gasteiger partial charge in [0.2, 0.25) is 5.89 Å². The zero-order valence-corrected chi connectivity index (χ0v) is 11.2. The molecule has 4 heteroatoms. The Balaban J connectivity index is 1.75. The molecule has 1 unspecified atom stereocenters. The van der Waals surface area contributed by atoms with Gasteiger partial charge in [0.05, 0.1) is 6.04 Å². The molecule has 0 bridgehead atoms. The lowest BCUT2D eigenvalue weighted by Gasteiger charge is -2.03. The van der Waals surface area contributed by atoms with Crippen molar-refractivity contribution in [1.82, 2.24) is 10.1 Å². The summed E-state index contributed by atoms with van der Waals surface area (Å²) in [5, 5.41) is 4.12. The third-order valence-electron chi connectivity index (χ3n) is 3.79. The van der Waals surface area contributed by atoms with E-state index < -0.39 is 0 Å². The smallest absolute Gasteiger partial charge is 0.243 e. The molecule has 0 fully saturated rings. The second-order valence-electron chi connectivity index (χ2n) is 5.26. The van der Waals surface area contributed by atoms with Gasteiger partial charge < -0.3 is 10.3 Å².